The third-order valence-corrected chi connectivity index (χ3v) is 10.9. The van der Waals surface area contributed by atoms with Crippen LogP contribution in [-0.4, -0.2) is 0 Å². The monoisotopic (exact) mass is 703 g/mol. The molecule has 0 radical (unpaired) electrons. The van der Waals surface area contributed by atoms with Gasteiger partial charge in [0.25, 0.3) is 0 Å². The highest BCUT2D eigenvalue weighted by Gasteiger charge is 2.23. The van der Waals surface area contributed by atoms with Crippen LogP contribution in [0.15, 0.2) is 209 Å². The van der Waals surface area contributed by atoms with E-state index in [1.165, 1.54) is 27.5 Å². The molecule has 0 aliphatic rings. The summed E-state index contributed by atoms with van der Waals surface area (Å²) in [7, 11) is 0. The second-order valence-electron chi connectivity index (χ2n) is 14.1. The Morgan fingerprint density at radius 3 is 1.69 bits per heavy atom. The lowest BCUT2D eigenvalue weighted by molar-refractivity contribution is 0.669. The quantitative estimate of drug-likeness (QED) is 0.173. The molecule has 0 N–H and O–H groups in total. The Labute approximate surface area is 317 Å². The Morgan fingerprint density at radius 2 is 0.909 bits per heavy atom. The number of furan rings is 2. The Bertz CT molecular complexity index is 3190. The van der Waals surface area contributed by atoms with E-state index in [0.717, 1.165) is 77.6 Å². The zero-order valence-electron chi connectivity index (χ0n) is 29.8. The van der Waals surface area contributed by atoms with Crippen LogP contribution in [-0.2, 0) is 0 Å². The van der Waals surface area contributed by atoms with Crippen LogP contribution in [0.1, 0.15) is 0 Å². The highest BCUT2D eigenvalue weighted by Crippen LogP contribution is 2.47. The standard InChI is InChI=1S/C52H33NO2/c1-2-11-38(12-3-1)43-29-30-47(52-51(43)45-15-7-9-17-49(45)55-52)53(42-28-31-50-46(33-42)44-14-6-8-16-48(44)54-50)41-26-24-36(25-27-41)35-18-20-37(21-19-35)40-23-22-34-10-4-5-13-39(34)32-40/h1-33H. The third kappa shape index (κ3) is 5.28. The second kappa shape index (κ2) is 12.6. The van der Waals surface area contributed by atoms with E-state index in [9.17, 15) is 0 Å². The van der Waals surface area contributed by atoms with Gasteiger partial charge in [-0.15, -0.1) is 0 Å². The first-order valence-corrected chi connectivity index (χ1v) is 18.7. The Kier molecular flexibility index (Phi) is 7.17. The zero-order chi connectivity index (χ0) is 36.3. The second-order valence-corrected chi connectivity index (χ2v) is 14.1. The van der Waals surface area contributed by atoms with Gasteiger partial charge in [0.2, 0.25) is 0 Å². The van der Waals surface area contributed by atoms with Crippen LogP contribution in [0.3, 0.4) is 0 Å². The van der Waals surface area contributed by atoms with E-state index in [2.05, 4.69) is 187 Å². The minimum atomic E-state index is 0.841. The first kappa shape index (κ1) is 31.2. The average molecular weight is 704 g/mol. The third-order valence-electron chi connectivity index (χ3n) is 10.9. The molecule has 0 bridgehead atoms. The molecule has 0 fully saturated rings. The van der Waals surface area contributed by atoms with Crippen LogP contribution in [0.25, 0.3) is 88.0 Å². The van der Waals surface area contributed by atoms with E-state index >= 15 is 0 Å². The van der Waals surface area contributed by atoms with Gasteiger partial charge in [-0.1, -0.05) is 146 Å². The summed E-state index contributed by atoms with van der Waals surface area (Å²) in [6.07, 6.45) is 0. The summed E-state index contributed by atoms with van der Waals surface area (Å²) >= 11 is 0. The molecule has 258 valence electrons. The Balaban J connectivity index is 1.05. The molecule has 0 aliphatic carbocycles. The first-order valence-electron chi connectivity index (χ1n) is 18.7. The van der Waals surface area contributed by atoms with Gasteiger partial charge in [0, 0.05) is 32.9 Å². The number of para-hydroxylation sites is 2. The number of hydrogen-bond donors (Lipinski definition) is 0. The lowest BCUT2D eigenvalue weighted by Gasteiger charge is -2.26. The van der Waals surface area contributed by atoms with Crippen LogP contribution in [0.2, 0.25) is 0 Å². The molecule has 0 saturated carbocycles. The normalized spacial score (nSPS) is 11.6. The molecule has 11 rings (SSSR count). The lowest BCUT2D eigenvalue weighted by atomic mass is 9.97. The van der Waals surface area contributed by atoms with Crippen molar-refractivity contribution < 1.29 is 8.83 Å². The Hall–Kier alpha value is -7.36. The fourth-order valence-corrected chi connectivity index (χ4v) is 8.16. The highest BCUT2D eigenvalue weighted by molar-refractivity contribution is 6.17. The van der Waals surface area contributed by atoms with Crippen molar-refractivity contribution in [3.05, 3.63) is 200 Å². The van der Waals surface area contributed by atoms with Crippen LogP contribution in [0.5, 0.6) is 0 Å². The van der Waals surface area contributed by atoms with Crippen molar-refractivity contribution in [2.75, 3.05) is 4.90 Å². The van der Waals surface area contributed by atoms with Gasteiger partial charge < -0.3 is 13.7 Å². The molecule has 2 heterocycles. The molecule has 2 aromatic heterocycles. The molecule has 0 aliphatic heterocycles. The van der Waals surface area contributed by atoms with Crippen LogP contribution in [0, 0.1) is 0 Å². The number of rotatable bonds is 6. The maximum absolute atomic E-state index is 6.82. The fraction of sp³-hybridized carbons (Fsp3) is 0. The molecule has 0 spiro atoms. The smallest absolute Gasteiger partial charge is 0.160 e. The highest BCUT2D eigenvalue weighted by atomic mass is 16.3. The van der Waals surface area contributed by atoms with E-state index in [-0.39, 0.29) is 0 Å². The lowest BCUT2D eigenvalue weighted by Crippen LogP contribution is -2.10. The van der Waals surface area contributed by atoms with E-state index in [1.54, 1.807) is 0 Å². The fourth-order valence-electron chi connectivity index (χ4n) is 8.16. The van der Waals surface area contributed by atoms with Gasteiger partial charge >= 0.3 is 0 Å². The average Bonchev–Trinajstić information content (AvgIpc) is 3.83. The van der Waals surface area contributed by atoms with Crippen molar-refractivity contribution in [1.29, 1.82) is 0 Å². The number of fused-ring (bicyclic) bond motifs is 7. The number of anilines is 3. The molecule has 0 amide bonds. The minimum Gasteiger partial charge on any atom is -0.456 e. The number of benzene rings is 9. The summed E-state index contributed by atoms with van der Waals surface area (Å²) in [5.41, 5.74) is 13.5. The molecule has 0 saturated heterocycles. The predicted octanol–water partition coefficient (Wildman–Crippen LogP) is 15.1. The van der Waals surface area contributed by atoms with Gasteiger partial charge in [-0.2, -0.15) is 0 Å². The number of nitrogens with zero attached hydrogens (tertiary/aromatic N) is 1. The number of hydrogen-bond acceptors (Lipinski definition) is 3. The topological polar surface area (TPSA) is 29.5 Å². The van der Waals surface area contributed by atoms with E-state index < -0.39 is 0 Å². The summed E-state index contributed by atoms with van der Waals surface area (Å²) in [6, 6.07) is 70.9. The summed E-state index contributed by atoms with van der Waals surface area (Å²) < 4.78 is 13.1. The van der Waals surface area contributed by atoms with Gasteiger partial charge in [0.1, 0.15) is 16.7 Å². The summed E-state index contributed by atoms with van der Waals surface area (Å²) in [6.45, 7) is 0. The molecule has 3 nitrogen and oxygen atoms in total. The first-order chi connectivity index (χ1) is 27.2. The van der Waals surface area contributed by atoms with Gasteiger partial charge in [0.15, 0.2) is 5.58 Å². The zero-order valence-corrected chi connectivity index (χ0v) is 29.8. The molecule has 0 atom stereocenters. The van der Waals surface area contributed by atoms with Crippen molar-refractivity contribution in [2.24, 2.45) is 0 Å². The van der Waals surface area contributed by atoms with Crippen molar-refractivity contribution in [3.63, 3.8) is 0 Å². The maximum atomic E-state index is 6.82. The molecule has 55 heavy (non-hydrogen) atoms. The summed E-state index contributed by atoms with van der Waals surface area (Å²) in [5, 5.41) is 6.86. The van der Waals surface area contributed by atoms with E-state index in [1.807, 2.05) is 18.2 Å². The molecular formula is C52H33NO2. The van der Waals surface area contributed by atoms with Gasteiger partial charge in [0.05, 0.1) is 5.69 Å². The van der Waals surface area contributed by atoms with Gasteiger partial charge in [-0.3, -0.25) is 0 Å². The SMILES string of the molecule is c1ccc(-c2ccc(N(c3ccc(-c4ccc(-c5ccc6ccccc6c5)cc4)cc3)c3ccc4oc5ccccc5c4c3)c3oc4ccccc4c23)cc1. The van der Waals surface area contributed by atoms with Gasteiger partial charge in [-0.25, -0.2) is 0 Å². The summed E-state index contributed by atoms with van der Waals surface area (Å²) in [5.74, 6) is 0. The van der Waals surface area contributed by atoms with Crippen molar-refractivity contribution in [1.82, 2.24) is 0 Å². The van der Waals surface area contributed by atoms with E-state index in [0.29, 0.717) is 0 Å². The minimum absolute atomic E-state index is 0.841. The maximum Gasteiger partial charge on any atom is 0.160 e. The van der Waals surface area contributed by atoms with E-state index in [4.69, 9.17) is 8.83 Å². The Morgan fingerprint density at radius 1 is 0.327 bits per heavy atom. The largest absolute Gasteiger partial charge is 0.456 e. The molecular weight excluding hydrogens is 671 g/mol. The van der Waals surface area contributed by atoms with Crippen molar-refractivity contribution in [2.45, 2.75) is 0 Å². The predicted molar refractivity (Wildman–Crippen MR) is 229 cm³/mol. The van der Waals surface area contributed by atoms with Crippen LogP contribution in [0.4, 0.5) is 17.1 Å². The molecule has 11 aromatic rings. The van der Waals surface area contributed by atoms with Crippen molar-refractivity contribution in [3.8, 4) is 33.4 Å². The molecule has 9 aromatic carbocycles. The van der Waals surface area contributed by atoms with Crippen molar-refractivity contribution >= 4 is 71.7 Å². The molecule has 3 heteroatoms. The van der Waals surface area contributed by atoms with Gasteiger partial charge in [-0.05, 0) is 98.8 Å². The molecule has 0 unspecified atom stereocenters. The van der Waals surface area contributed by atoms with Crippen LogP contribution < -0.4 is 4.90 Å². The summed E-state index contributed by atoms with van der Waals surface area (Å²) in [4.78, 5) is 2.31. The van der Waals surface area contributed by atoms with Crippen LogP contribution >= 0.6 is 0 Å².